The van der Waals surface area contributed by atoms with E-state index in [0.717, 1.165) is 0 Å². The summed E-state index contributed by atoms with van der Waals surface area (Å²) in [4.78, 5) is 0. The third kappa shape index (κ3) is 2.25. The molecule has 11 heavy (non-hydrogen) atoms. The van der Waals surface area contributed by atoms with Crippen LogP contribution < -0.4 is 0 Å². The lowest BCUT2D eigenvalue weighted by Crippen LogP contribution is -2.48. The number of hydrogen-bond acceptors (Lipinski definition) is 4. The fourth-order valence-electron chi connectivity index (χ4n) is 1.06. The molecule has 0 amide bonds. The summed E-state index contributed by atoms with van der Waals surface area (Å²) in [7, 11) is 0. The molecule has 0 unspecified atom stereocenters. The van der Waals surface area contributed by atoms with Crippen LogP contribution in [0.5, 0.6) is 0 Å². The third-order valence-electron chi connectivity index (χ3n) is 1.70. The van der Waals surface area contributed by atoms with Gasteiger partial charge >= 0.3 is 0 Å². The molecule has 0 saturated carbocycles. The minimum Gasteiger partial charge on any atom is -0.390 e. The molecule has 0 aliphatic carbocycles. The van der Waals surface area contributed by atoms with Gasteiger partial charge in [-0.1, -0.05) is 22.6 Å². The highest BCUT2D eigenvalue weighted by Gasteiger charge is 2.34. The van der Waals surface area contributed by atoms with E-state index in [1.54, 1.807) is 0 Å². The minimum atomic E-state index is -0.937. The molecular formula is C6H11IO4. The number of rotatable bonds is 1. The molecule has 4 nitrogen and oxygen atoms in total. The summed E-state index contributed by atoms with van der Waals surface area (Å²) in [5, 5.41) is 27.4. The molecule has 0 radical (unpaired) electrons. The maximum Gasteiger partial charge on any atom is 0.157 e. The predicted molar refractivity (Wildman–Crippen MR) is 46.4 cm³/mol. The lowest BCUT2D eigenvalue weighted by Gasteiger charge is -2.33. The maximum atomic E-state index is 9.26. The van der Waals surface area contributed by atoms with E-state index in [2.05, 4.69) is 0 Å². The first-order valence-corrected chi connectivity index (χ1v) is 4.93. The van der Waals surface area contributed by atoms with E-state index in [4.69, 9.17) is 14.9 Å². The van der Waals surface area contributed by atoms with Gasteiger partial charge in [0.25, 0.3) is 0 Å². The second-order valence-electron chi connectivity index (χ2n) is 2.58. The zero-order valence-corrected chi connectivity index (χ0v) is 8.01. The molecule has 0 aromatic heterocycles. The molecule has 1 rings (SSSR count). The summed E-state index contributed by atoms with van der Waals surface area (Å²) in [6, 6.07) is 0. The highest BCUT2D eigenvalue weighted by molar-refractivity contribution is 14.1. The van der Waals surface area contributed by atoms with Gasteiger partial charge in [-0.3, -0.25) is 0 Å². The Morgan fingerprint density at radius 1 is 1.36 bits per heavy atom. The van der Waals surface area contributed by atoms with Crippen molar-refractivity contribution in [2.24, 2.45) is 0 Å². The second-order valence-corrected chi connectivity index (χ2v) is 3.46. The van der Waals surface area contributed by atoms with Crippen LogP contribution in [0.25, 0.3) is 0 Å². The lowest BCUT2D eigenvalue weighted by atomic mass is 10.0. The molecule has 1 fully saturated rings. The van der Waals surface area contributed by atoms with Crippen molar-refractivity contribution in [3.63, 3.8) is 0 Å². The van der Waals surface area contributed by atoms with Gasteiger partial charge in [0.05, 0.1) is 12.2 Å². The van der Waals surface area contributed by atoms with E-state index in [0.29, 0.717) is 4.43 Å². The number of aliphatic hydroxyl groups excluding tert-OH is 3. The number of aliphatic hydroxyl groups is 3. The van der Waals surface area contributed by atoms with Crippen molar-refractivity contribution in [2.45, 2.75) is 31.0 Å². The Kier molecular flexibility index (Phi) is 3.51. The van der Waals surface area contributed by atoms with Crippen LogP contribution >= 0.6 is 22.6 Å². The monoisotopic (exact) mass is 274 g/mol. The maximum absolute atomic E-state index is 9.26. The van der Waals surface area contributed by atoms with E-state index >= 15 is 0 Å². The number of halogens is 1. The third-order valence-corrected chi connectivity index (χ3v) is 2.57. The first kappa shape index (κ1) is 9.66. The SMILES string of the molecule is O[C@H]1[C@H](O)C[C@@H](O)O[C@@H]1CI. The Balaban J connectivity index is 2.51. The molecular weight excluding hydrogens is 263 g/mol. The zero-order chi connectivity index (χ0) is 8.43. The van der Waals surface area contributed by atoms with Crippen LogP contribution in [0.4, 0.5) is 0 Å². The topological polar surface area (TPSA) is 69.9 Å². The van der Waals surface area contributed by atoms with Crippen molar-refractivity contribution in [1.82, 2.24) is 0 Å². The molecule has 0 aromatic rings. The van der Waals surface area contributed by atoms with Crippen molar-refractivity contribution >= 4 is 22.6 Å². The van der Waals surface area contributed by atoms with E-state index in [-0.39, 0.29) is 6.42 Å². The smallest absolute Gasteiger partial charge is 0.157 e. The van der Waals surface area contributed by atoms with E-state index in [1.165, 1.54) is 0 Å². The first-order chi connectivity index (χ1) is 5.15. The van der Waals surface area contributed by atoms with Crippen LogP contribution in [-0.2, 0) is 4.74 Å². The van der Waals surface area contributed by atoms with Crippen LogP contribution in [-0.4, -0.2) is 44.3 Å². The van der Waals surface area contributed by atoms with Crippen LogP contribution in [0.15, 0.2) is 0 Å². The van der Waals surface area contributed by atoms with E-state index in [9.17, 15) is 5.11 Å². The fraction of sp³-hybridized carbons (Fsp3) is 1.00. The van der Waals surface area contributed by atoms with Crippen molar-refractivity contribution in [3.05, 3.63) is 0 Å². The zero-order valence-electron chi connectivity index (χ0n) is 5.85. The molecule has 5 heteroatoms. The van der Waals surface area contributed by atoms with E-state index in [1.807, 2.05) is 22.6 Å². The number of hydrogen-bond donors (Lipinski definition) is 3. The Bertz CT molecular complexity index is 132. The molecule has 1 heterocycles. The van der Waals surface area contributed by atoms with Gasteiger partial charge in [-0.25, -0.2) is 0 Å². The second kappa shape index (κ2) is 3.99. The Hall–Kier alpha value is 0.570. The normalized spacial score (nSPS) is 45.8. The average molecular weight is 274 g/mol. The van der Waals surface area contributed by atoms with Gasteiger partial charge in [-0.15, -0.1) is 0 Å². The molecule has 1 aliphatic heterocycles. The highest BCUT2D eigenvalue weighted by atomic mass is 127. The minimum absolute atomic E-state index is 0.0916. The summed E-state index contributed by atoms with van der Waals surface area (Å²) >= 11 is 2.03. The summed E-state index contributed by atoms with van der Waals surface area (Å²) in [5.74, 6) is 0. The van der Waals surface area contributed by atoms with Gasteiger partial charge in [0.1, 0.15) is 6.10 Å². The van der Waals surface area contributed by atoms with Gasteiger partial charge in [-0.2, -0.15) is 0 Å². The molecule has 1 aliphatic rings. The average Bonchev–Trinajstić information content (AvgIpc) is 1.96. The molecule has 1 saturated heterocycles. The Morgan fingerprint density at radius 3 is 2.55 bits per heavy atom. The van der Waals surface area contributed by atoms with Gasteiger partial charge < -0.3 is 20.1 Å². The Labute approximate surface area is 78.3 Å². The van der Waals surface area contributed by atoms with Crippen molar-refractivity contribution in [3.8, 4) is 0 Å². The van der Waals surface area contributed by atoms with Gasteiger partial charge in [0.2, 0.25) is 0 Å². The molecule has 4 atom stereocenters. The summed E-state index contributed by atoms with van der Waals surface area (Å²) < 4.78 is 5.52. The van der Waals surface area contributed by atoms with Gasteiger partial charge in [-0.05, 0) is 0 Å². The largest absolute Gasteiger partial charge is 0.390 e. The van der Waals surface area contributed by atoms with Crippen LogP contribution in [0.1, 0.15) is 6.42 Å². The highest BCUT2D eigenvalue weighted by Crippen LogP contribution is 2.20. The van der Waals surface area contributed by atoms with Gasteiger partial charge in [0, 0.05) is 10.8 Å². The predicted octanol–water partition coefficient (Wildman–Crippen LogP) is -0.750. The standard InChI is InChI=1S/C6H11IO4/c7-2-4-6(10)3(8)1-5(9)11-4/h3-6,8-10H,1-2H2/t3-,4-,5+,6+/m1/s1. The molecule has 0 aromatic carbocycles. The van der Waals surface area contributed by atoms with Crippen molar-refractivity contribution in [2.75, 3.05) is 4.43 Å². The summed E-state index contributed by atoms with van der Waals surface area (Å²) in [6.07, 6.45) is -3.02. The van der Waals surface area contributed by atoms with Crippen molar-refractivity contribution < 1.29 is 20.1 Å². The fourth-order valence-corrected chi connectivity index (χ4v) is 1.79. The molecule has 66 valence electrons. The number of alkyl halides is 1. The van der Waals surface area contributed by atoms with E-state index < -0.39 is 24.6 Å². The van der Waals surface area contributed by atoms with Crippen LogP contribution in [0, 0.1) is 0 Å². The molecule has 0 bridgehead atoms. The van der Waals surface area contributed by atoms with Crippen LogP contribution in [0.3, 0.4) is 0 Å². The quantitative estimate of drug-likeness (QED) is 0.435. The summed E-state index contributed by atoms with van der Waals surface area (Å²) in [5.41, 5.74) is 0. The van der Waals surface area contributed by atoms with Crippen LogP contribution in [0.2, 0.25) is 0 Å². The molecule has 0 spiro atoms. The number of ether oxygens (including phenoxy) is 1. The summed E-state index contributed by atoms with van der Waals surface area (Å²) in [6.45, 7) is 0. The van der Waals surface area contributed by atoms with Gasteiger partial charge in [0.15, 0.2) is 6.29 Å². The lowest BCUT2D eigenvalue weighted by molar-refractivity contribution is -0.224. The Morgan fingerprint density at radius 2 is 2.00 bits per heavy atom. The molecule has 3 N–H and O–H groups in total. The van der Waals surface area contributed by atoms with Crippen molar-refractivity contribution in [1.29, 1.82) is 0 Å². The first-order valence-electron chi connectivity index (χ1n) is 3.40.